The number of rotatable bonds is 2. The van der Waals surface area contributed by atoms with Gasteiger partial charge in [-0.3, -0.25) is 5.73 Å². The van der Waals surface area contributed by atoms with E-state index < -0.39 is 0 Å². The zero-order valence-electron chi connectivity index (χ0n) is 9.89. The molecule has 0 aromatic heterocycles. The second kappa shape index (κ2) is 8.54. The van der Waals surface area contributed by atoms with Crippen LogP contribution in [0.3, 0.4) is 0 Å². The van der Waals surface area contributed by atoms with Crippen LogP contribution in [0.15, 0.2) is 12.2 Å². The molecule has 0 saturated carbocycles. The molecule has 3 heteroatoms. The Bertz CT molecular complexity index is 123. The maximum absolute atomic E-state index is 5.72. The summed E-state index contributed by atoms with van der Waals surface area (Å²) in [5, 5.41) is 0. The third-order valence-corrected chi connectivity index (χ3v) is 1.41. The van der Waals surface area contributed by atoms with Gasteiger partial charge in [-0.1, -0.05) is 12.5 Å². The average molecular weight is 209 g/mol. The summed E-state index contributed by atoms with van der Waals surface area (Å²) >= 11 is 0. The molecule has 0 amide bonds. The summed E-state index contributed by atoms with van der Waals surface area (Å²) in [5.74, 6) is 0. The van der Waals surface area contributed by atoms with E-state index in [9.17, 15) is 0 Å². The maximum Gasteiger partial charge on any atom is 0.139 e. The second-order valence-electron chi connectivity index (χ2n) is 4.30. The average Bonchev–Trinajstić information content (AvgIpc) is 1.82. The van der Waals surface area contributed by atoms with Crippen LogP contribution in [0.1, 0.15) is 27.2 Å². The summed E-state index contributed by atoms with van der Waals surface area (Å²) in [6.45, 7) is 9.61. The first-order valence-corrected chi connectivity index (χ1v) is 4.40. The summed E-state index contributed by atoms with van der Waals surface area (Å²) in [5.41, 5.74) is 6.89. The van der Waals surface area contributed by atoms with Crippen molar-refractivity contribution < 1.29 is 16.9 Å². The Kier molecular flexibility index (Phi) is 12.3. The third kappa shape index (κ3) is 18.7. The van der Waals surface area contributed by atoms with Gasteiger partial charge in [-0.25, -0.2) is 0 Å². The van der Waals surface area contributed by atoms with Gasteiger partial charge in [-0.2, -0.15) is 0 Å². The molecule has 0 aliphatic heterocycles. The molecule has 0 rings (SSSR count). The van der Waals surface area contributed by atoms with Gasteiger partial charge in [0, 0.05) is 6.42 Å². The molecule has 82 valence electrons. The van der Waals surface area contributed by atoms with Crippen molar-refractivity contribution in [2.75, 3.05) is 21.1 Å². The number of nitrogens with two attached hydrogens (primary N) is 1. The van der Waals surface area contributed by atoms with Gasteiger partial charge in [0.1, 0.15) is 6.17 Å². The van der Waals surface area contributed by atoms with E-state index in [2.05, 4.69) is 34.6 Å². The van der Waals surface area contributed by atoms with Crippen molar-refractivity contribution in [2.24, 2.45) is 5.73 Å². The topological polar surface area (TPSA) is 26.0 Å². The highest BCUT2D eigenvalue weighted by Gasteiger charge is 2.14. The molecule has 0 aliphatic carbocycles. The third-order valence-electron chi connectivity index (χ3n) is 1.41. The van der Waals surface area contributed by atoms with Gasteiger partial charge in [0.25, 0.3) is 0 Å². The summed E-state index contributed by atoms with van der Waals surface area (Å²) in [4.78, 5) is 0. The van der Waals surface area contributed by atoms with Crippen molar-refractivity contribution in [3.05, 3.63) is 12.2 Å². The smallest absolute Gasteiger partial charge is 0.139 e. The van der Waals surface area contributed by atoms with E-state index in [1.54, 1.807) is 0 Å². The van der Waals surface area contributed by atoms with E-state index in [-0.39, 0.29) is 18.6 Å². The minimum absolute atomic E-state index is 0. The van der Waals surface area contributed by atoms with Crippen LogP contribution < -0.4 is 18.1 Å². The van der Waals surface area contributed by atoms with Gasteiger partial charge >= 0.3 is 0 Å². The Morgan fingerprint density at radius 2 is 1.54 bits per heavy atom. The van der Waals surface area contributed by atoms with Crippen LogP contribution in [0.25, 0.3) is 0 Å². The molecule has 1 unspecified atom stereocenters. The molecular weight excluding hydrogens is 184 g/mol. The van der Waals surface area contributed by atoms with Crippen molar-refractivity contribution in [1.29, 1.82) is 0 Å². The monoisotopic (exact) mass is 208 g/mol. The molecule has 0 spiro atoms. The van der Waals surface area contributed by atoms with Crippen molar-refractivity contribution in [3.63, 3.8) is 0 Å². The number of allylic oxidation sites excluding steroid dienone is 1. The molecule has 0 bridgehead atoms. The first-order valence-electron chi connectivity index (χ1n) is 4.40. The number of hydrogen-bond donors (Lipinski definition) is 1. The number of nitrogens with zero attached hydrogens (tertiary/aromatic N) is 1. The number of quaternary nitrogens is 1. The zero-order chi connectivity index (χ0) is 10.4. The highest BCUT2D eigenvalue weighted by atomic mass is 35.5. The quantitative estimate of drug-likeness (QED) is 0.351. The zero-order valence-corrected chi connectivity index (χ0v) is 10.7. The molecule has 0 aromatic rings. The molecule has 2 nitrogen and oxygen atoms in total. The molecule has 13 heavy (non-hydrogen) atoms. The molecule has 0 aromatic carbocycles. The second-order valence-corrected chi connectivity index (χ2v) is 4.30. The van der Waals surface area contributed by atoms with Gasteiger partial charge in [0.15, 0.2) is 0 Å². The lowest BCUT2D eigenvalue weighted by atomic mass is 10.3. The molecular formula is C10H25ClN2. The summed E-state index contributed by atoms with van der Waals surface area (Å²) < 4.78 is 0.858. The predicted octanol–water partition coefficient (Wildman–Crippen LogP) is -1.03. The van der Waals surface area contributed by atoms with E-state index in [0.29, 0.717) is 0 Å². The molecule has 0 fully saturated rings. The van der Waals surface area contributed by atoms with E-state index in [0.717, 1.165) is 10.9 Å². The van der Waals surface area contributed by atoms with Crippen molar-refractivity contribution in [3.8, 4) is 0 Å². The Labute approximate surface area is 89.8 Å². The Balaban J connectivity index is -0.000000173. The Hall–Kier alpha value is -0.0500. The largest absolute Gasteiger partial charge is 1.00 e. The van der Waals surface area contributed by atoms with Gasteiger partial charge in [-0.15, -0.1) is 6.58 Å². The molecule has 1 atom stereocenters. The lowest BCUT2D eigenvalue weighted by Gasteiger charge is -2.30. The SMILES string of the molecule is C=C(C)C.CCC(N)[N+](C)(C)C.[Cl-]. The standard InChI is InChI=1S/C6H17N2.C4H8.ClH/c1-5-6(7)8(2,3)4;1-4(2)3;/h6H,5,7H2,1-4H3;1H2,2-3H3;1H/q+1;;/p-1. The van der Waals surface area contributed by atoms with Crippen LogP contribution in [-0.2, 0) is 0 Å². The van der Waals surface area contributed by atoms with Gasteiger partial charge < -0.3 is 16.9 Å². The molecule has 2 N–H and O–H groups in total. The van der Waals surface area contributed by atoms with Gasteiger partial charge in [0.05, 0.1) is 21.1 Å². The highest BCUT2D eigenvalue weighted by Crippen LogP contribution is 1.98. The summed E-state index contributed by atoms with van der Waals surface area (Å²) in [6.07, 6.45) is 1.33. The first-order chi connectivity index (χ1) is 5.21. The van der Waals surface area contributed by atoms with E-state index in [1.807, 2.05) is 13.8 Å². The van der Waals surface area contributed by atoms with Gasteiger partial charge in [0.2, 0.25) is 0 Å². The van der Waals surface area contributed by atoms with Crippen LogP contribution >= 0.6 is 0 Å². The fourth-order valence-electron chi connectivity index (χ4n) is 0.548. The number of halogens is 1. The molecule has 0 aliphatic rings. The summed E-state index contributed by atoms with van der Waals surface area (Å²) in [6, 6.07) is 0. The molecule has 0 saturated heterocycles. The fraction of sp³-hybridized carbons (Fsp3) is 0.800. The minimum Gasteiger partial charge on any atom is -1.00 e. The maximum atomic E-state index is 5.72. The number of hydrogen-bond acceptors (Lipinski definition) is 1. The van der Waals surface area contributed by atoms with Crippen LogP contribution in [0.5, 0.6) is 0 Å². The van der Waals surface area contributed by atoms with E-state index in [4.69, 9.17) is 5.73 Å². The first kappa shape index (κ1) is 18.7. The van der Waals surface area contributed by atoms with Crippen LogP contribution in [0, 0.1) is 0 Å². The van der Waals surface area contributed by atoms with Crippen molar-refractivity contribution in [2.45, 2.75) is 33.4 Å². The molecule has 0 radical (unpaired) electrons. The van der Waals surface area contributed by atoms with Gasteiger partial charge in [-0.05, 0) is 13.8 Å². The van der Waals surface area contributed by atoms with E-state index >= 15 is 0 Å². The minimum atomic E-state index is 0. The van der Waals surface area contributed by atoms with Crippen LogP contribution in [-0.4, -0.2) is 31.8 Å². The van der Waals surface area contributed by atoms with Crippen LogP contribution in [0.2, 0.25) is 0 Å². The predicted molar refractivity (Wildman–Crippen MR) is 56.8 cm³/mol. The van der Waals surface area contributed by atoms with Crippen molar-refractivity contribution >= 4 is 0 Å². The van der Waals surface area contributed by atoms with E-state index in [1.165, 1.54) is 5.57 Å². The lowest BCUT2D eigenvalue weighted by molar-refractivity contribution is -0.895. The van der Waals surface area contributed by atoms with Crippen molar-refractivity contribution in [1.82, 2.24) is 0 Å². The normalized spacial score (nSPS) is 11.9. The molecule has 0 heterocycles. The fourth-order valence-corrected chi connectivity index (χ4v) is 0.548. The Morgan fingerprint density at radius 3 is 1.54 bits per heavy atom. The Morgan fingerprint density at radius 1 is 1.31 bits per heavy atom. The lowest BCUT2D eigenvalue weighted by Crippen LogP contribution is -3.00. The summed E-state index contributed by atoms with van der Waals surface area (Å²) in [7, 11) is 6.32. The van der Waals surface area contributed by atoms with Crippen LogP contribution in [0.4, 0.5) is 0 Å². The highest BCUT2D eigenvalue weighted by molar-refractivity contribution is 4.78.